The van der Waals surface area contributed by atoms with E-state index < -0.39 is 0 Å². The first-order chi connectivity index (χ1) is 16.8. The van der Waals surface area contributed by atoms with Gasteiger partial charge in [0.15, 0.2) is 5.76 Å². The Balaban J connectivity index is 1.39. The minimum absolute atomic E-state index is 0.104. The third kappa shape index (κ3) is 5.85. The molecule has 0 spiro atoms. The zero-order valence-electron chi connectivity index (χ0n) is 21.0. The summed E-state index contributed by atoms with van der Waals surface area (Å²) in [7, 11) is 1.67. The number of hydrogen-bond donors (Lipinski definition) is 0. The molecule has 186 valence electrons. The van der Waals surface area contributed by atoms with E-state index in [1.54, 1.807) is 25.3 Å². The average molecular weight is 480 g/mol. The second-order valence-corrected chi connectivity index (χ2v) is 9.84. The van der Waals surface area contributed by atoms with Crippen molar-refractivity contribution in [1.82, 2.24) is 9.80 Å². The topological polar surface area (TPSA) is 49.2 Å². The van der Waals surface area contributed by atoms with Gasteiger partial charge in [0.1, 0.15) is 17.3 Å². The van der Waals surface area contributed by atoms with E-state index in [-0.39, 0.29) is 17.3 Å². The highest BCUT2D eigenvalue weighted by atomic mass is 19.1. The zero-order chi connectivity index (χ0) is 25.0. The van der Waals surface area contributed by atoms with Gasteiger partial charge in [-0.05, 0) is 51.1 Å². The van der Waals surface area contributed by atoms with Gasteiger partial charge in [-0.15, -0.1) is 0 Å². The first kappa shape index (κ1) is 24.8. The van der Waals surface area contributed by atoms with Gasteiger partial charge in [-0.2, -0.15) is 0 Å². The number of piperazine rings is 1. The Morgan fingerprint density at radius 3 is 2.34 bits per heavy atom. The van der Waals surface area contributed by atoms with Gasteiger partial charge in [0.25, 0.3) is 5.91 Å². The van der Waals surface area contributed by atoms with E-state index in [0.717, 1.165) is 24.5 Å². The number of methoxy groups -OCH3 is 1. The van der Waals surface area contributed by atoms with Crippen molar-refractivity contribution >= 4 is 11.6 Å². The van der Waals surface area contributed by atoms with E-state index in [2.05, 4.69) is 30.6 Å². The Morgan fingerprint density at radius 2 is 1.66 bits per heavy atom. The van der Waals surface area contributed by atoms with E-state index in [1.165, 1.54) is 6.07 Å². The Morgan fingerprint density at radius 1 is 0.971 bits per heavy atom. The van der Waals surface area contributed by atoms with Gasteiger partial charge < -0.3 is 19.0 Å². The number of halogens is 1. The molecule has 1 aromatic heterocycles. The molecule has 0 saturated carbocycles. The molecule has 2 heterocycles. The molecule has 1 amide bonds. The molecule has 4 rings (SSSR count). The van der Waals surface area contributed by atoms with Crippen LogP contribution in [0.2, 0.25) is 0 Å². The minimum Gasteiger partial charge on any atom is -0.495 e. The fourth-order valence-corrected chi connectivity index (χ4v) is 4.33. The number of benzene rings is 2. The lowest BCUT2D eigenvalue weighted by Gasteiger charge is -2.36. The van der Waals surface area contributed by atoms with Crippen molar-refractivity contribution in [3.63, 3.8) is 0 Å². The Bertz CT molecular complexity index is 1150. The van der Waals surface area contributed by atoms with Crippen LogP contribution in [-0.4, -0.2) is 54.5 Å². The lowest BCUT2D eigenvalue weighted by molar-refractivity contribution is 0.0703. The summed E-state index contributed by atoms with van der Waals surface area (Å²) in [6.45, 7) is 9.85. The number of para-hydroxylation sites is 2. The normalized spacial score (nSPS) is 14.5. The number of carbonyl (C=O) groups is 1. The summed E-state index contributed by atoms with van der Waals surface area (Å²) in [6, 6.07) is 18.3. The molecule has 1 fully saturated rings. The molecule has 0 N–H and O–H groups in total. The fourth-order valence-electron chi connectivity index (χ4n) is 4.33. The third-order valence-corrected chi connectivity index (χ3v) is 6.48. The van der Waals surface area contributed by atoms with Crippen LogP contribution < -0.4 is 9.64 Å². The van der Waals surface area contributed by atoms with E-state index in [0.29, 0.717) is 43.3 Å². The molecule has 0 unspecified atom stereocenters. The second kappa shape index (κ2) is 10.5. The maximum absolute atomic E-state index is 14.3. The molecule has 1 aliphatic rings. The molecule has 2 aromatic carbocycles. The molecule has 0 aliphatic carbocycles. The lowest BCUT2D eigenvalue weighted by atomic mass is 10.0. The van der Waals surface area contributed by atoms with Crippen LogP contribution in [0.1, 0.15) is 42.6 Å². The van der Waals surface area contributed by atoms with Crippen LogP contribution in [0.5, 0.6) is 5.75 Å². The van der Waals surface area contributed by atoms with Crippen LogP contribution in [0.4, 0.5) is 10.1 Å². The van der Waals surface area contributed by atoms with Gasteiger partial charge in [0.2, 0.25) is 0 Å². The number of amides is 1. The lowest BCUT2D eigenvalue weighted by Crippen LogP contribution is -2.48. The number of rotatable bonds is 7. The van der Waals surface area contributed by atoms with Gasteiger partial charge in [-0.1, -0.05) is 30.3 Å². The predicted octanol–water partition coefficient (Wildman–Crippen LogP) is 5.19. The van der Waals surface area contributed by atoms with Crippen molar-refractivity contribution in [2.75, 3.05) is 38.2 Å². The van der Waals surface area contributed by atoms with Crippen LogP contribution in [0.15, 0.2) is 65.1 Å². The average Bonchev–Trinajstić information content (AvgIpc) is 3.32. The van der Waals surface area contributed by atoms with Gasteiger partial charge >= 0.3 is 0 Å². The molecule has 0 radical (unpaired) electrons. The largest absolute Gasteiger partial charge is 0.495 e. The fraction of sp³-hybridized carbons (Fsp3) is 0.393. The standard InChI is InChI=1S/C28H34FN3O3/c1-28(2,3)32(19-21-9-5-6-10-23(21)29)20-22-13-14-26(35-22)27(33)31-17-15-30(16-18-31)24-11-7-8-12-25(24)34-4/h5-14H,15-20H2,1-4H3. The SMILES string of the molecule is COc1ccccc1N1CCN(C(=O)c2ccc(CN(Cc3ccccc3F)C(C)(C)C)o2)CC1. The van der Waals surface area contributed by atoms with Crippen LogP contribution in [0.3, 0.4) is 0 Å². The first-order valence-corrected chi connectivity index (χ1v) is 12.0. The van der Waals surface area contributed by atoms with Gasteiger partial charge in [-0.3, -0.25) is 9.69 Å². The summed E-state index contributed by atoms with van der Waals surface area (Å²) >= 11 is 0. The van der Waals surface area contributed by atoms with Crippen molar-refractivity contribution in [2.45, 2.75) is 39.4 Å². The zero-order valence-corrected chi connectivity index (χ0v) is 21.0. The second-order valence-electron chi connectivity index (χ2n) is 9.84. The van der Waals surface area contributed by atoms with Crippen LogP contribution in [-0.2, 0) is 13.1 Å². The maximum Gasteiger partial charge on any atom is 0.289 e. The van der Waals surface area contributed by atoms with E-state index in [1.807, 2.05) is 41.3 Å². The molecule has 0 bridgehead atoms. The van der Waals surface area contributed by atoms with Crippen LogP contribution in [0.25, 0.3) is 0 Å². The smallest absolute Gasteiger partial charge is 0.289 e. The highest BCUT2D eigenvalue weighted by Gasteiger charge is 2.27. The number of nitrogens with zero attached hydrogens (tertiary/aromatic N) is 3. The number of anilines is 1. The Kier molecular flexibility index (Phi) is 7.45. The molecule has 3 aromatic rings. The number of ether oxygens (including phenoxy) is 1. The molecule has 1 saturated heterocycles. The Labute approximate surface area is 206 Å². The summed E-state index contributed by atoms with van der Waals surface area (Å²) in [5, 5.41) is 0. The first-order valence-electron chi connectivity index (χ1n) is 12.0. The van der Waals surface area contributed by atoms with Gasteiger partial charge in [0.05, 0.1) is 19.3 Å². The summed E-state index contributed by atoms with van der Waals surface area (Å²) in [4.78, 5) is 19.3. The third-order valence-electron chi connectivity index (χ3n) is 6.48. The molecule has 6 nitrogen and oxygen atoms in total. The monoisotopic (exact) mass is 479 g/mol. The molecule has 7 heteroatoms. The minimum atomic E-state index is -0.218. The molecule has 1 aliphatic heterocycles. The molecular weight excluding hydrogens is 445 g/mol. The van der Waals surface area contributed by atoms with E-state index in [4.69, 9.17) is 9.15 Å². The molecular formula is C28H34FN3O3. The summed E-state index contributed by atoms with van der Waals surface area (Å²) in [5.74, 6) is 1.54. The highest BCUT2D eigenvalue weighted by molar-refractivity contribution is 5.91. The molecule has 35 heavy (non-hydrogen) atoms. The molecule has 0 atom stereocenters. The summed E-state index contributed by atoms with van der Waals surface area (Å²) in [6.07, 6.45) is 0. The number of carbonyl (C=O) groups excluding carboxylic acids is 1. The van der Waals surface area contributed by atoms with Crippen molar-refractivity contribution in [1.29, 1.82) is 0 Å². The van der Waals surface area contributed by atoms with Gasteiger partial charge in [-0.25, -0.2) is 4.39 Å². The van der Waals surface area contributed by atoms with Crippen LogP contribution in [0, 0.1) is 5.82 Å². The van der Waals surface area contributed by atoms with Crippen molar-refractivity contribution in [2.24, 2.45) is 0 Å². The van der Waals surface area contributed by atoms with Crippen molar-refractivity contribution < 1.29 is 18.3 Å². The van der Waals surface area contributed by atoms with Crippen LogP contribution >= 0.6 is 0 Å². The Hall–Kier alpha value is -3.32. The summed E-state index contributed by atoms with van der Waals surface area (Å²) < 4.78 is 25.7. The number of furan rings is 1. The van der Waals surface area contributed by atoms with Crippen molar-refractivity contribution in [3.05, 3.63) is 83.6 Å². The van der Waals surface area contributed by atoms with E-state index in [9.17, 15) is 9.18 Å². The van der Waals surface area contributed by atoms with Crippen molar-refractivity contribution in [3.8, 4) is 5.75 Å². The maximum atomic E-state index is 14.3. The summed E-state index contributed by atoms with van der Waals surface area (Å²) in [5.41, 5.74) is 1.46. The van der Waals surface area contributed by atoms with Gasteiger partial charge in [0, 0.05) is 43.8 Å². The van der Waals surface area contributed by atoms with E-state index >= 15 is 0 Å². The highest BCUT2D eigenvalue weighted by Crippen LogP contribution is 2.29. The predicted molar refractivity (Wildman–Crippen MR) is 135 cm³/mol. The number of hydrogen-bond acceptors (Lipinski definition) is 5. The quantitative estimate of drug-likeness (QED) is 0.467.